The van der Waals surface area contributed by atoms with Crippen molar-refractivity contribution in [3.8, 4) is 0 Å². The predicted octanol–water partition coefficient (Wildman–Crippen LogP) is 3.37. The van der Waals surface area contributed by atoms with Crippen molar-refractivity contribution in [1.82, 2.24) is 5.32 Å². The van der Waals surface area contributed by atoms with Gasteiger partial charge >= 0.3 is 0 Å². The molecule has 2 rings (SSSR count). The lowest BCUT2D eigenvalue weighted by molar-refractivity contribution is 0.405. The van der Waals surface area contributed by atoms with E-state index in [9.17, 15) is 0 Å². The topological polar surface area (TPSA) is 38.0 Å². The molecule has 1 aliphatic rings. The quantitative estimate of drug-likeness (QED) is 0.806. The van der Waals surface area contributed by atoms with Gasteiger partial charge in [0.05, 0.1) is 6.04 Å². The maximum atomic E-state index is 5.91. The minimum atomic E-state index is 0.358. The van der Waals surface area contributed by atoms with Crippen LogP contribution in [0.25, 0.3) is 0 Å². The number of hydrogen-bond donors (Lipinski definition) is 2. The fourth-order valence-corrected chi connectivity index (χ4v) is 3.59. The van der Waals surface area contributed by atoms with Gasteiger partial charge in [0.15, 0.2) is 0 Å². The van der Waals surface area contributed by atoms with E-state index in [1.54, 1.807) is 0 Å². The summed E-state index contributed by atoms with van der Waals surface area (Å²) in [6.07, 6.45) is 8.20. The monoisotopic (exact) mass is 252 g/mol. The summed E-state index contributed by atoms with van der Waals surface area (Å²) in [5, 5.41) is 3.76. The van der Waals surface area contributed by atoms with Crippen LogP contribution in [0.5, 0.6) is 0 Å². The molecule has 0 radical (unpaired) electrons. The zero-order valence-electron chi connectivity index (χ0n) is 10.7. The van der Waals surface area contributed by atoms with E-state index < -0.39 is 0 Å². The number of thiophene rings is 1. The molecule has 0 aliphatic heterocycles. The summed E-state index contributed by atoms with van der Waals surface area (Å²) in [5.41, 5.74) is 5.91. The molecule has 1 saturated carbocycles. The molecule has 17 heavy (non-hydrogen) atoms. The average molecular weight is 252 g/mol. The van der Waals surface area contributed by atoms with Gasteiger partial charge in [-0.2, -0.15) is 0 Å². The molecule has 0 spiro atoms. The molecule has 1 aromatic heterocycles. The summed E-state index contributed by atoms with van der Waals surface area (Å²) >= 11 is 1.87. The lowest BCUT2D eigenvalue weighted by Gasteiger charge is -2.23. The Morgan fingerprint density at radius 3 is 2.53 bits per heavy atom. The second-order valence-corrected chi connectivity index (χ2v) is 6.41. The largest absolute Gasteiger partial charge is 0.329 e. The molecule has 0 saturated heterocycles. The van der Waals surface area contributed by atoms with Crippen LogP contribution in [0.2, 0.25) is 0 Å². The highest BCUT2D eigenvalue weighted by molar-refractivity contribution is 7.12. The Labute approximate surface area is 109 Å². The van der Waals surface area contributed by atoms with Crippen molar-refractivity contribution < 1.29 is 0 Å². The smallest absolute Gasteiger partial charge is 0.0541 e. The fraction of sp³-hybridized carbons (Fsp3) is 0.714. The summed E-state index contributed by atoms with van der Waals surface area (Å²) < 4.78 is 0. The van der Waals surface area contributed by atoms with Gasteiger partial charge in [-0.1, -0.05) is 25.7 Å². The van der Waals surface area contributed by atoms with Gasteiger partial charge in [0, 0.05) is 22.3 Å². The molecule has 1 aromatic rings. The molecule has 1 aliphatic carbocycles. The first-order valence-corrected chi connectivity index (χ1v) is 7.63. The van der Waals surface area contributed by atoms with Crippen molar-refractivity contribution in [2.75, 3.05) is 6.54 Å². The Kier molecular flexibility index (Phi) is 5.01. The SMILES string of the molecule is Cc1ccc(C(CN)NC2CCCCCC2)s1. The van der Waals surface area contributed by atoms with E-state index in [2.05, 4.69) is 24.4 Å². The summed E-state index contributed by atoms with van der Waals surface area (Å²) in [6.45, 7) is 2.86. The number of nitrogens with one attached hydrogen (secondary N) is 1. The lowest BCUT2D eigenvalue weighted by Crippen LogP contribution is -2.36. The predicted molar refractivity (Wildman–Crippen MR) is 75.5 cm³/mol. The van der Waals surface area contributed by atoms with Gasteiger partial charge in [-0.05, 0) is 31.9 Å². The minimum absolute atomic E-state index is 0.358. The van der Waals surface area contributed by atoms with Crippen molar-refractivity contribution in [1.29, 1.82) is 0 Å². The zero-order chi connectivity index (χ0) is 12.1. The molecular formula is C14H24N2S. The van der Waals surface area contributed by atoms with Crippen molar-refractivity contribution in [3.05, 3.63) is 21.9 Å². The third-order valence-corrected chi connectivity index (χ3v) is 4.75. The van der Waals surface area contributed by atoms with E-state index in [0.29, 0.717) is 18.6 Å². The molecular weight excluding hydrogens is 228 g/mol. The summed E-state index contributed by atoms with van der Waals surface area (Å²) in [6, 6.07) is 5.45. The van der Waals surface area contributed by atoms with Crippen molar-refractivity contribution in [2.24, 2.45) is 5.73 Å². The molecule has 1 unspecified atom stereocenters. The van der Waals surface area contributed by atoms with Gasteiger partial charge < -0.3 is 11.1 Å². The molecule has 0 aromatic carbocycles. The van der Waals surface area contributed by atoms with Gasteiger partial charge in [-0.25, -0.2) is 0 Å². The van der Waals surface area contributed by atoms with Gasteiger partial charge in [0.2, 0.25) is 0 Å². The highest BCUT2D eigenvalue weighted by Crippen LogP contribution is 2.25. The second-order valence-electron chi connectivity index (χ2n) is 5.09. The summed E-state index contributed by atoms with van der Waals surface area (Å²) in [5.74, 6) is 0. The molecule has 0 bridgehead atoms. The van der Waals surface area contributed by atoms with Crippen molar-refractivity contribution >= 4 is 11.3 Å². The van der Waals surface area contributed by atoms with E-state index in [-0.39, 0.29) is 0 Å². The first kappa shape index (κ1) is 13.1. The normalized spacial score (nSPS) is 20.1. The highest BCUT2D eigenvalue weighted by Gasteiger charge is 2.18. The average Bonchev–Trinajstić information content (AvgIpc) is 2.62. The van der Waals surface area contributed by atoms with E-state index in [4.69, 9.17) is 5.73 Å². The van der Waals surface area contributed by atoms with Crippen LogP contribution >= 0.6 is 11.3 Å². The minimum Gasteiger partial charge on any atom is -0.329 e. The van der Waals surface area contributed by atoms with Gasteiger partial charge in [0.1, 0.15) is 0 Å². The summed E-state index contributed by atoms with van der Waals surface area (Å²) in [7, 11) is 0. The Bertz CT molecular complexity index is 327. The third kappa shape index (κ3) is 3.80. The molecule has 96 valence electrons. The van der Waals surface area contributed by atoms with Crippen LogP contribution in [0.1, 0.15) is 54.3 Å². The maximum Gasteiger partial charge on any atom is 0.0541 e. The fourth-order valence-electron chi connectivity index (χ4n) is 2.64. The van der Waals surface area contributed by atoms with Crippen LogP contribution in [0.4, 0.5) is 0 Å². The lowest BCUT2D eigenvalue weighted by atomic mass is 10.1. The number of aryl methyl sites for hydroxylation is 1. The van der Waals surface area contributed by atoms with Crippen LogP contribution in [0.15, 0.2) is 12.1 Å². The third-order valence-electron chi connectivity index (χ3n) is 3.63. The van der Waals surface area contributed by atoms with E-state index in [1.807, 2.05) is 11.3 Å². The van der Waals surface area contributed by atoms with Crippen LogP contribution < -0.4 is 11.1 Å². The van der Waals surface area contributed by atoms with E-state index >= 15 is 0 Å². The van der Waals surface area contributed by atoms with Gasteiger partial charge in [-0.15, -0.1) is 11.3 Å². The molecule has 2 nitrogen and oxygen atoms in total. The second kappa shape index (κ2) is 6.53. The Balaban J connectivity index is 1.94. The van der Waals surface area contributed by atoms with Crippen LogP contribution in [0, 0.1) is 6.92 Å². The number of rotatable bonds is 4. The summed E-state index contributed by atoms with van der Waals surface area (Å²) in [4.78, 5) is 2.77. The van der Waals surface area contributed by atoms with Crippen molar-refractivity contribution in [2.45, 2.75) is 57.5 Å². The molecule has 1 fully saturated rings. The zero-order valence-corrected chi connectivity index (χ0v) is 11.6. The van der Waals surface area contributed by atoms with Crippen LogP contribution in [0.3, 0.4) is 0 Å². The molecule has 1 atom stereocenters. The Hall–Kier alpha value is -0.380. The van der Waals surface area contributed by atoms with Gasteiger partial charge in [-0.3, -0.25) is 0 Å². The molecule has 3 N–H and O–H groups in total. The standard InChI is InChI=1S/C14H24N2S/c1-11-8-9-14(17-11)13(10-15)16-12-6-4-2-3-5-7-12/h8-9,12-13,16H,2-7,10,15H2,1H3. The molecule has 3 heteroatoms. The molecule has 0 amide bonds. The van der Waals surface area contributed by atoms with Crippen LogP contribution in [-0.4, -0.2) is 12.6 Å². The number of hydrogen-bond acceptors (Lipinski definition) is 3. The Morgan fingerprint density at radius 1 is 1.29 bits per heavy atom. The maximum absolute atomic E-state index is 5.91. The first-order chi connectivity index (χ1) is 8.29. The highest BCUT2D eigenvalue weighted by atomic mass is 32.1. The Morgan fingerprint density at radius 2 is 2.00 bits per heavy atom. The van der Waals surface area contributed by atoms with Crippen LogP contribution in [-0.2, 0) is 0 Å². The first-order valence-electron chi connectivity index (χ1n) is 6.82. The number of nitrogens with two attached hydrogens (primary N) is 1. The van der Waals surface area contributed by atoms with E-state index in [0.717, 1.165) is 0 Å². The molecule has 1 heterocycles. The van der Waals surface area contributed by atoms with Crippen molar-refractivity contribution in [3.63, 3.8) is 0 Å². The van der Waals surface area contributed by atoms with Gasteiger partial charge in [0.25, 0.3) is 0 Å². The van der Waals surface area contributed by atoms with E-state index in [1.165, 1.54) is 48.3 Å².